The molecule has 0 aliphatic carbocycles. The number of carbonyl (C=O) groups excluding carboxylic acids is 1. The van der Waals surface area contributed by atoms with E-state index < -0.39 is 0 Å². The van der Waals surface area contributed by atoms with E-state index >= 15 is 0 Å². The molecule has 24 heavy (non-hydrogen) atoms. The van der Waals surface area contributed by atoms with Crippen molar-refractivity contribution in [1.82, 2.24) is 9.88 Å². The molecule has 0 unspecified atom stereocenters. The Balaban J connectivity index is 1.88. The van der Waals surface area contributed by atoms with Crippen molar-refractivity contribution in [3.8, 4) is 11.5 Å². The molecule has 1 aromatic carbocycles. The fourth-order valence-corrected chi connectivity index (χ4v) is 2.75. The van der Waals surface area contributed by atoms with Crippen LogP contribution in [-0.2, 0) is 22.7 Å². The number of aromatic nitrogens is 1. The van der Waals surface area contributed by atoms with E-state index in [2.05, 4.69) is 4.98 Å². The minimum Gasteiger partial charge on any atom is -0.497 e. The van der Waals surface area contributed by atoms with Crippen molar-refractivity contribution in [2.75, 3.05) is 27.4 Å². The van der Waals surface area contributed by atoms with Gasteiger partial charge in [0.1, 0.15) is 23.1 Å². The zero-order valence-corrected chi connectivity index (χ0v) is 15.0. The van der Waals surface area contributed by atoms with Crippen molar-refractivity contribution in [3.05, 3.63) is 40.3 Å². The summed E-state index contributed by atoms with van der Waals surface area (Å²) in [5.74, 6) is 1.56. The third kappa shape index (κ3) is 5.50. The van der Waals surface area contributed by atoms with Crippen LogP contribution in [0.25, 0.3) is 0 Å². The van der Waals surface area contributed by atoms with Gasteiger partial charge in [-0.25, -0.2) is 4.98 Å². The summed E-state index contributed by atoms with van der Waals surface area (Å²) in [7, 11) is 3.25. The molecule has 0 saturated carbocycles. The van der Waals surface area contributed by atoms with E-state index in [1.165, 1.54) is 11.3 Å². The maximum atomic E-state index is 11.6. The first-order chi connectivity index (χ1) is 11.6. The van der Waals surface area contributed by atoms with E-state index in [0.717, 1.165) is 22.2 Å². The Labute approximate surface area is 146 Å². The van der Waals surface area contributed by atoms with Crippen LogP contribution in [0.3, 0.4) is 0 Å². The van der Waals surface area contributed by atoms with Crippen molar-refractivity contribution in [2.24, 2.45) is 0 Å². The highest BCUT2D eigenvalue weighted by Crippen LogP contribution is 2.19. The van der Waals surface area contributed by atoms with Gasteiger partial charge in [-0.15, -0.1) is 11.3 Å². The number of hydrogen-bond acceptors (Lipinski definition) is 6. The molecule has 0 N–H and O–H groups in total. The lowest BCUT2D eigenvalue weighted by Crippen LogP contribution is -2.31. The van der Waals surface area contributed by atoms with Crippen LogP contribution in [0.1, 0.15) is 17.6 Å². The van der Waals surface area contributed by atoms with Gasteiger partial charge in [-0.2, -0.15) is 0 Å². The van der Waals surface area contributed by atoms with E-state index in [1.54, 1.807) is 26.0 Å². The summed E-state index contributed by atoms with van der Waals surface area (Å²) in [6.45, 7) is 3.50. The first-order valence-corrected chi connectivity index (χ1v) is 8.45. The van der Waals surface area contributed by atoms with Gasteiger partial charge in [0.2, 0.25) is 5.91 Å². The average molecular weight is 350 g/mol. The number of amides is 1. The number of nitrogens with zero attached hydrogens (tertiary/aromatic N) is 2. The summed E-state index contributed by atoms with van der Waals surface area (Å²) in [5, 5.41) is 2.83. The molecule has 0 fully saturated rings. The maximum Gasteiger partial charge on any atom is 0.219 e. The van der Waals surface area contributed by atoms with Gasteiger partial charge in [-0.1, -0.05) is 0 Å². The van der Waals surface area contributed by atoms with Crippen LogP contribution in [0.4, 0.5) is 0 Å². The first kappa shape index (κ1) is 18.2. The maximum absolute atomic E-state index is 11.6. The van der Waals surface area contributed by atoms with Crippen LogP contribution in [0.5, 0.6) is 11.5 Å². The summed E-state index contributed by atoms with van der Waals surface area (Å²) in [5.41, 5.74) is 0.861. The Bertz CT molecular complexity index is 642. The molecule has 2 aromatic rings. The number of rotatable bonds is 9. The Morgan fingerprint density at radius 1 is 1.21 bits per heavy atom. The SMILES string of the molecule is COCCN(Cc1csc(COc2ccc(OC)cc2)n1)C(C)=O. The summed E-state index contributed by atoms with van der Waals surface area (Å²) >= 11 is 1.52. The van der Waals surface area contributed by atoms with Crippen LogP contribution < -0.4 is 9.47 Å². The minimum atomic E-state index is 0.0103. The molecule has 0 bridgehead atoms. The zero-order chi connectivity index (χ0) is 17.4. The highest BCUT2D eigenvalue weighted by molar-refractivity contribution is 7.09. The van der Waals surface area contributed by atoms with Gasteiger partial charge in [0.05, 0.1) is 26.0 Å². The third-order valence-corrected chi connectivity index (χ3v) is 4.26. The standard InChI is InChI=1S/C17H22N2O4S/c1-13(20)19(8-9-21-2)10-14-12-24-17(18-14)11-23-16-6-4-15(22-3)5-7-16/h4-7,12H,8-11H2,1-3H3. The van der Waals surface area contributed by atoms with Crippen molar-refractivity contribution in [3.63, 3.8) is 0 Å². The molecule has 7 heteroatoms. The average Bonchev–Trinajstić information content (AvgIpc) is 3.04. The van der Waals surface area contributed by atoms with Crippen LogP contribution >= 0.6 is 11.3 Å². The highest BCUT2D eigenvalue weighted by atomic mass is 32.1. The van der Waals surface area contributed by atoms with Crippen LogP contribution in [0, 0.1) is 0 Å². The van der Waals surface area contributed by atoms with E-state index in [9.17, 15) is 4.79 Å². The molecule has 2 rings (SSSR count). The largest absolute Gasteiger partial charge is 0.497 e. The second-order valence-electron chi connectivity index (χ2n) is 5.13. The van der Waals surface area contributed by atoms with Gasteiger partial charge in [0.15, 0.2) is 0 Å². The van der Waals surface area contributed by atoms with Crippen molar-refractivity contribution in [1.29, 1.82) is 0 Å². The number of benzene rings is 1. The van der Waals surface area contributed by atoms with Crippen molar-refractivity contribution >= 4 is 17.2 Å². The van der Waals surface area contributed by atoms with Gasteiger partial charge < -0.3 is 19.1 Å². The number of ether oxygens (including phenoxy) is 3. The highest BCUT2D eigenvalue weighted by Gasteiger charge is 2.12. The lowest BCUT2D eigenvalue weighted by molar-refractivity contribution is -0.130. The molecule has 1 aromatic heterocycles. The van der Waals surface area contributed by atoms with Gasteiger partial charge >= 0.3 is 0 Å². The van der Waals surface area contributed by atoms with Crippen LogP contribution in [0.15, 0.2) is 29.6 Å². The number of carbonyl (C=O) groups is 1. The lowest BCUT2D eigenvalue weighted by Gasteiger charge is -2.19. The van der Waals surface area contributed by atoms with E-state index in [1.807, 2.05) is 29.6 Å². The Morgan fingerprint density at radius 2 is 1.92 bits per heavy atom. The zero-order valence-electron chi connectivity index (χ0n) is 14.2. The summed E-state index contributed by atoms with van der Waals surface area (Å²) in [4.78, 5) is 17.9. The molecular weight excluding hydrogens is 328 g/mol. The number of hydrogen-bond donors (Lipinski definition) is 0. The Hall–Kier alpha value is -2.12. The van der Waals surface area contributed by atoms with Crippen LogP contribution in [-0.4, -0.2) is 43.2 Å². The second kappa shape index (κ2) is 9.24. The molecule has 1 amide bonds. The van der Waals surface area contributed by atoms with E-state index in [0.29, 0.717) is 26.3 Å². The van der Waals surface area contributed by atoms with Crippen molar-refractivity contribution < 1.29 is 19.0 Å². The predicted molar refractivity (Wildman–Crippen MR) is 92.4 cm³/mol. The fourth-order valence-electron chi connectivity index (χ4n) is 2.05. The van der Waals surface area contributed by atoms with Gasteiger partial charge in [-0.05, 0) is 24.3 Å². The number of thiazole rings is 1. The molecule has 6 nitrogen and oxygen atoms in total. The Morgan fingerprint density at radius 3 is 2.54 bits per heavy atom. The molecule has 0 saturated heterocycles. The molecule has 0 atom stereocenters. The van der Waals surface area contributed by atoms with E-state index in [-0.39, 0.29) is 5.91 Å². The smallest absolute Gasteiger partial charge is 0.219 e. The molecule has 0 aliphatic rings. The van der Waals surface area contributed by atoms with Crippen LogP contribution in [0.2, 0.25) is 0 Å². The first-order valence-electron chi connectivity index (χ1n) is 7.57. The summed E-state index contributed by atoms with van der Waals surface area (Å²) in [6.07, 6.45) is 0. The minimum absolute atomic E-state index is 0.0103. The molecule has 1 heterocycles. The molecule has 130 valence electrons. The summed E-state index contributed by atoms with van der Waals surface area (Å²) < 4.78 is 15.9. The predicted octanol–water partition coefficient (Wildman–Crippen LogP) is 2.73. The quantitative estimate of drug-likeness (QED) is 0.696. The fraction of sp³-hybridized carbons (Fsp3) is 0.412. The second-order valence-corrected chi connectivity index (χ2v) is 6.07. The normalized spacial score (nSPS) is 10.5. The number of methoxy groups -OCH3 is 2. The molecule has 0 aliphatic heterocycles. The Kier molecular flexibility index (Phi) is 7.02. The molecular formula is C17H22N2O4S. The van der Waals surface area contributed by atoms with Gasteiger partial charge in [0.25, 0.3) is 0 Å². The van der Waals surface area contributed by atoms with E-state index in [4.69, 9.17) is 14.2 Å². The summed E-state index contributed by atoms with van der Waals surface area (Å²) in [6, 6.07) is 7.41. The monoisotopic (exact) mass is 350 g/mol. The molecule has 0 spiro atoms. The van der Waals surface area contributed by atoms with Gasteiger partial charge in [-0.3, -0.25) is 4.79 Å². The van der Waals surface area contributed by atoms with Gasteiger partial charge in [0, 0.05) is 26.0 Å². The lowest BCUT2D eigenvalue weighted by atomic mass is 10.3. The van der Waals surface area contributed by atoms with Crippen molar-refractivity contribution in [2.45, 2.75) is 20.1 Å². The topological polar surface area (TPSA) is 60.9 Å². The molecule has 0 radical (unpaired) electrons. The third-order valence-electron chi connectivity index (χ3n) is 3.38.